The first kappa shape index (κ1) is 14.8. The molecule has 1 rings (SSSR count). The van der Waals surface area contributed by atoms with Crippen LogP contribution in [0, 0.1) is 5.92 Å². The van der Waals surface area contributed by atoms with Gasteiger partial charge < -0.3 is 9.67 Å². The summed E-state index contributed by atoms with van der Waals surface area (Å²) in [7, 11) is 0. The molecule has 0 saturated heterocycles. The maximum atomic E-state index is 12.1. The number of aromatic nitrogens is 2. The Hall–Kier alpha value is -1.30. The van der Waals surface area contributed by atoms with Crippen molar-refractivity contribution in [3.8, 4) is 0 Å². The Balaban J connectivity index is 3.08. The van der Waals surface area contributed by atoms with E-state index < -0.39 is 11.2 Å². The lowest BCUT2D eigenvalue weighted by Gasteiger charge is -2.16. The van der Waals surface area contributed by atoms with Crippen LogP contribution < -0.4 is 5.56 Å². The van der Waals surface area contributed by atoms with Crippen LogP contribution >= 0.6 is 11.8 Å². The second-order valence-electron chi connectivity index (χ2n) is 4.66. The van der Waals surface area contributed by atoms with Crippen molar-refractivity contribution in [1.82, 2.24) is 9.55 Å². The highest BCUT2D eigenvalue weighted by Crippen LogP contribution is 2.24. The molecule has 6 heteroatoms. The molecular formula is C12H18N2O3S. The number of aliphatic carboxylic acids is 1. The van der Waals surface area contributed by atoms with Gasteiger partial charge in [-0.25, -0.2) is 4.98 Å². The van der Waals surface area contributed by atoms with Crippen LogP contribution in [0.4, 0.5) is 0 Å². The molecule has 1 unspecified atom stereocenters. The zero-order valence-corrected chi connectivity index (χ0v) is 11.8. The van der Waals surface area contributed by atoms with Gasteiger partial charge in [-0.15, -0.1) is 0 Å². The van der Waals surface area contributed by atoms with Crippen molar-refractivity contribution >= 4 is 17.7 Å². The predicted octanol–water partition coefficient (Wildman–Crippen LogP) is 2.03. The van der Waals surface area contributed by atoms with Crippen LogP contribution in [0.1, 0.15) is 33.7 Å². The van der Waals surface area contributed by atoms with Crippen LogP contribution in [0.5, 0.6) is 0 Å². The summed E-state index contributed by atoms with van der Waals surface area (Å²) < 4.78 is 1.55. The average Bonchev–Trinajstić information content (AvgIpc) is 2.26. The summed E-state index contributed by atoms with van der Waals surface area (Å²) in [4.78, 5) is 27.2. The molecule has 5 nitrogen and oxygen atoms in total. The van der Waals surface area contributed by atoms with Crippen LogP contribution in [-0.4, -0.2) is 25.9 Å². The third kappa shape index (κ3) is 3.35. The third-order valence-electron chi connectivity index (χ3n) is 2.48. The lowest BCUT2D eigenvalue weighted by molar-refractivity contribution is -0.137. The number of carbonyl (C=O) groups is 1. The molecular weight excluding hydrogens is 252 g/mol. The van der Waals surface area contributed by atoms with E-state index in [4.69, 9.17) is 5.11 Å². The van der Waals surface area contributed by atoms with E-state index in [-0.39, 0.29) is 22.5 Å². The van der Waals surface area contributed by atoms with E-state index in [2.05, 4.69) is 4.98 Å². The molecule has 1 heterocycles. The summed E-state index contributed by atoms with van der Waals surface area (Å²) in [6.07, 6.45) is 3.14. The quantitative estimate of drug-likeness (QED) is 0.829. The van der Waals surface area contributed by atoms with Crippen molar-refractivity contribution in [2.45, 2.75) is 44.0 Å². The highest BCUT2D eigenvalue weighted by Gasteiger charge is 2.25. The van der Waals surface area contributed by atoms with Crippen LogP contribution in [0.3, 0.4) is 0 Å². The monoisotopic (exact) mass is 270 g/mol. The number of carboxylic acid groups (broad SMARTS) is 1. The predicted molar refractivity (Wildman–Crippen MR) is 71.0 cm³/mol. The Morgan fingerprint density at radius 1 is 1.39 bits per heavy atom. The van der Waals surface area contributed by atoms with Crippen molar-refractivity contribution in [3.05, 3.63) is 22.7 Å². The molecule has 1 atom stereocenters. The summed E-state index contributed by atoms with van der Waals surface area (Å²) in [5.41, 5.74) is -0.232. The van der Waals surface area contributed by atoms with E-state index >= 15 is 0 Å². The number of nitrogens with zero attached hydrogens (tertiary/aromatic N) is 2. The van der Waals surface area contributed by atoms with Crippen molar-refractivity contribution in [2.75, 3.05) is 0 Å². The van der Waals surface area contributed by atoms with Gasteiger partial charge in [0.15, 0.2) is 5.03 Å². The molecule has 0 bridgehead atoms. The fourth-order valence-corrected chi connectivity index (χ4v) is 2.43. The summed E-state index contributed by atoms with van der Waals surface area (Å²) in [6, 6.07) is 0.0298. The molecule has 1 aromatic heterocycles. The van der Waals surface area contributed by atoms with Gasteiger partial charge in [-0.05, 0) is 19.8 Å². The van der Waals surface area contributed by atoms with E-state index in [1.807, 2.05) is 27.7 Å². The van der Waals surface area contributed by atoms with E-state index in [1.54, 1.807) is 10.8 Å². The van der Waals surface area contributed by atoms with Crippen molar-refractivity contribution in [1.29, 1.82) is 0 Å². The van der Waals surface area contributed by atoms with Gasteiger partial charge in [0.2, 0.25) is 0 Å². The number of hydrogen-bond acceptors (Lipinski definition) is 4. The molecule has 0 aromatic carbocycles. The molecule has 100 valence electrons. The Labute approximate surface area is 110 Å². The summed E-state index contributed by atoms with van der Waals surface area (Å²) in [6.45, 7) is 7.42. The highest BCUT2D eigenvalue weighted by atomic mass is 32.2. The molecule has 0 aliphatic heterocycles. The molecule has 1 N–H and O–H groups in total. The third-order valence-corrected chi connectivity index (χ3v) is 3.98. The standard InChI is InChI=1S/C12H18N2O3S/c1-7(2)9(12(16)17)18-10-11(15)14(8(3)4)6-5-13-10/h5-9H,1-4H3,(H,16,17). The molecule has 0 fully saturated rings. The van der Waals surface area contributed by atoms with Gasteiger partial charge in [0.05, 0.1) is 0 Å². The van der Waals surface area contributed by atoms with Gasteiger partial charge in [0, 0.05) is 18.4 Å². The summed E-state index contributed by atoms with van der Waals surface area (Å²) in [5.74, 6) is -0.988. The van der Waals surface area contributed by atoms with Crippen molar-refractivity contribution < 1.29 is 9.90 Å². The summed E-state index contributed by atoms with van der Waals surface area (Å²) in [5, 5.41) is 8.70. The molecule has 0 radical (unpaired) electrons. The topological polar surface area (TPSA) is 72.2 Å². The molecule has 0 saturated carbocycles. The average molecular weight is 270 g/mol. The number of hydrogen-bond donors (Lipinski definition) is 1. The molecule has 1 aromatic rings. The number of rotatable bonds is 5. The second kappa shape index (κ2) is 6.04. The molecule has 0 spiro atoms. The minimum absolute atomic E-state index is 0.0298. The van der Waals surface area contributed by atoms with Crippen LogP contribution in [-0.2, 0) is 4.79 Å². The first-order valence-corrected chi connectivity index (χ1v) is 6.69. The van der Waals surface area contributed by atoms with Crippen LogP contribution in [0.2, 0.25) is 0 Å². The second-order valence-corrected chi connectivity index (χ2v) is 5.79. The Morgan fingerprint density at radius 2 is 2.00 bits per heavy atom. The minimum atomic E-state index is -0.920. The highest BCUT2D eigenvalue weighted by molar-refractivity contribution is 8.00. The number of carboxylic acids is 1. The lowest BCUT2D eigenvalue weighted by Crippen LogP contribution is -2.28. The Morgan fingerprint density at radius 3 is 2.44 bits per heavy atom. The first-order valence-electron chi connectivity index (χ1n) is 5.81. The zero-order chi connectivity index (χ0) is 13.9. The van der Waals surface area contributed by atoms with Gasteiger partial charge >= 0.3 is 5.97 Å². The van der Waals surface area contributed by atoms with Gasteiger partial charge in [-0.1, -0.05) is 25.6 Å². The largest absolute Gasteiger partial charge is 0.480 e. The SMILES string of the molecule is CC(C)C(Sc1nccn(C(C)C)c1=O)C(=O)O. The molecule has 0 aliphatic carbocycles. The summed E-state index contributed by atoms with van der Waals surface area (Å²) >= 11 is 1.02. The Bertz CT molecular complexity index is 482. The van der Waals surface area contributed by atoms with Crippen molar-refractivity contribution in [2.24, 2.45) is 5.92 Å². The van der Waals surface area contributed by atoms with E-state index in [0.717, 1.165) is 11.8 Å². The molecule has 0 aliphatic rings. The van der Waals surface area contributed by atoms with Crippen molar-refractivity contribution in [3.63, 3.8) is 0 Å². The fraction of sp³-hybridized carbons (Fsp3) is 0.583. The minimum Gasteiger partial charge on any atom is -0.480 e. The zero-order valence-electron chi connectivity index (χ0n) is 11.0. The van der Waals surface area contributed by atoms with E-state index in [1.165, 1.54) is 6.20 Å². The molecule has 18 heavy (non-hydrogen) atoms. The van der Waals surface area contributed by atoms with Crippen LogP contribution in [0.25, 0.3) is 0 Å². The van der Waals surface area contributed by atoms with Gasteiger partial charge in [-0.2, -0.15) is 0 Å². The maximum absolute atomic E-state index is 12.1. The van der Waals surface area contributed by atoms with Gasteiger partial charge in [0.1, 0.15) is 5.25 Å². The molecule has 0 amide bonds. The smallest absolute Gasteiger partial charge is 0.317 e. The number of thioether (sulfide) groups is 1. The van der Waals surface area contributed by atoms with E-state index in [9.17, 15) is 9.59 Å². The maximum Gasteiger partial charge on any atom is 0.317 e. The van der Waals surface area contributed by atoms with Gasteiger partial charge in [-0.3, -0.25) is 9.59 Å². The van der Waals surface area contributed by atoms with Gasteiger partial charge in [0.25, 0.3) is 5.56 Å². The fourth-order valence-electron chi connectivity index (χ4n) is 1.49. The van der Waals surface area contributed by atoms with Crippen LogP contribution in [0.15, 0.2) is 22.2 Å². The Kier molecular flexibility index (Phi) is 4.95. The van der Waals surface area contributed by atoms with E-state index in [0.29, 0.717) is 0 Å². The lowest BCUT2D eigenvalue weighted by atomic mass is 10.1. The first-order chi connectivity index (χ1) is 8.34. The normalized spacial score (nSPS) is 13.0.